The van der Waals surface area contributed by atoms with Gasteiger partial charge in [0, 0.05) is 0 Å². The van der Waals surface area contributed by atoms with E-state index < -0.39 is 14.1 Å². The van der Waals surface area contributed by atoms with Crippen molar-refractivity contribution in [2.45, 2.75) is 89.3 Å². The normalized spacial score (nSPS) is 33.4. The molecular formula is C27H36O4Si. The van der Waals surface area contributed by atoms with Crippen molar-refractivity contribution in [2.24, 2.45) is 5.92 Å². The van der Waals surface area contributed by atoms with Crippen molar-refractivity contribution >= 4 is 18.7 Å². The number of ether oxygens (including phenoxy) is 3. The zero-order chi connectivity index (χ0) is 22.8. The second-order valence-corrected chi connectivity index (χ2v) is 15.3. The van der Waals surface area contributed by atoms with E-state index in [0.717, 1.165) is 12.8 Å². The lowest BCUT2D eigenvalue weighted by molar-refractivity contribution is -0.221. The Bertz CT molecular complexity index is 915. The molecule has 2 saturated heterocycles. The van der Waals surface area contributed by atoms with Crippen LogP contribution in [-0.4, -0.2) is 38.2 Å². The van der Waals surface area contributed by atoms with Crippen molar-refractivity contribution in [1.29, 1.82) is 0 Å². The van der Waals surface area contributed by atoms with Crippen LogP contribution in [0.4, 0.5) is 0 Å². The molecule has 2 aliphatic heterocycles. The van der Waals surface area contributed by atoms with E-state index in [4.69, 9.17) is 18.6 Å². The zero-order valence-corrected chi connectivity index (χ0v) is 21.1. The van der Waals surface area contributed by atoms with Crippen molar-refractivity contribution in [3.63, 3.8) is 0 Å². The minimum Gasteiger partial charge on any atom is -0.399 e. The Hall–Kier alpha value is -1.50. The molecule has 5 atom stereocenters. The molecule has 2 heterocycles. The van der Waals surface area contributed by atoms with Crippen LogP contribution in [0.1, 0.15) is 54.4 Å². The molecule has 0 radical (unpaired) electrons. The van der Waals surface area contributed by atoms with E-state index in [0.29, 0.717) is 5.92 Å². The number of hydrogen-bond acceptors (Lipinski definition) is 4. The van der Waals surface area contributed by atoms with Crippen LogP contribution >= 0.6 is 0 Å². The second-order valence-electron chi connectivity index (χ2n) is 11.1. The average Bonchev–Trinajstić information content (AvgIpc) is 3.28. The first-order valence-electron chi connectivity index (χ1n) is 12.0. The molecule has 1 saturated carbocycles. The SMILES string of the molecule is CC[C@@H]1C[C@]12O[C@@H]1OC(C)(C)O[C@H]1C2O[Si](c1ccccc1)(c1ccccc1)C(C)(C)C. The molecule has 0 amide bonds. The third-order valence-corrected chi connectivity index (χ3v) is 12.5. The second kappa shape index (κ2) is 7.50. The number of hydrogen-bond donors (Lipinski definition) is 0. The molecule has 3 fully saturated rings. The van der Waals surface area contributed by atoms with Crippen molar-refractivity contribution in [2.75, 3.05) is 0 Å². The molecular weight excluding hydrogens is 416 g/mol. The van der Waals surface area contributed by atoms with Crippen LogP contribution < -0.4 is 10.4 Å². The molecule has 172 valence electrons. The average molecular weight is 453 g/mol. The monoisotopic (exact) mass is 452 g/mol. The Morgan fingerprint density at radius 3 is 1.94 bits per heavy atom. The summed E-state index contributed by atoms with van der Waals surface area (Å²) in [6, 6.07) is 21.6. The molecule has 0 N–H and O–H groups in total. The third-order valence-electron chi connectivity index (χ3n) is 7.51. The lowest BCUT2D eigenvalue weighted by atomic mass is 10.1. The van der Waals surface area contributed by atoms with Crippen molar-refractivity contribution in [1.82, 2.24) is 0 Å². The predicted molar refractivity (Wildman–Crippen MR) is 129 cm³/mol. The third kappa shape index (κ3) is 3.33. The summed E-state index contributed by atoms with van der Waals surface area (Å²) in [5.41, 5.74) is -0.312. The van der Waals surface area contributed by atoms with Crippen LogP contribution in [0.2, 0.25) is 5.04 Å². The van der Waals surface area contributed by atoms with E-state index in [-0.39, 0.29) is 29.1 Å². The van der Waals surface area contributed by atoms with Gasteiger partial charge in [0.05, 0.1) is 0 Å². The van der Waals surface area contributed by atoms with Gasteiger partial charge in [0.25, 0.3) is 8.32 Å². The van der Waals surface area contributed by atoms with Crippen LogP contribution in [0.15, 0.2) is 60.7 Å². The molecule has 5 heteroatoms. The van der Waals surface area contributed by atoms with Crippen LogP contribution in [0, 0.1) is 5.92 Å². The summed E-state index contributed by atoms with van der Waals surface area (Å²) in [5.74, 6) is -0.188. The van der Waals surface area contributed by atoms with E-state index in [9.17, 15) is 0 Å². The molecule has 2 aromatic carbocycles. The summed E-state index contributed by atoms with van der Waals surface area (Å²) in [7, 11) is -2.73. The molecule has 0 aromatic heterocycles. The van der Waals surface area contributed by atoms with Gasteiger partial charge in [-0.05, 0) is 41.6 Å². The van der Waals surface area contributed by atoms with Gasteiger partial charge in [-0.2, -0.15) is 0 Å². The molecule has 32 heavy (non-hydrogen) atoms. The molecule has 1 spiro atoms. The highest BCUT2D eigenvalue weighted by atomic mass is 28.4. The smallest absolute Gasteiger partial charge is 0.261 e. The first-order chi connectivity index (χ1) is 15.1. The van der Waals surface area contributed by atoms with Crippen LogP contribution in [-0.2, 0) is 18.6 Å². The molecule has 4 nitrogen and oxygen atoms in total. The Labute approximate surface area is 193 Å². The van der Waals surface area contributed by atoms with Crippen molar-refractivity contribution in [3.05, 3.63) is 60.7 Å². The molecule has 3 aliphatic rings. The summed E-state index contributed by atoms with van der Waals surface area (Å²) >= 11 is 0. The highest BCUT2D eigenvalue weighted by Crippen LogP contribution is 2.61. The topological polar surface area (TPSA) is 36.9 Å². The van der Waals surface area contributed by atoms with Gasteiger partial charge < -0.3 is 18.6 Å². The summed E-state index contributed by atoms with van der Waals surface area (Å²) in [6.07, 6.45) is 1.33. The Kier molecular flexibility index (Phi) is 5.23. The van der Waals surface area contributed by atoms with Crippen molar-refractivity contribution in [3.8, 4) is 0 Å². The predicted octanol–water partition coefficient (Wildman–Crippen LogP) is 4.61. The maximum Gasteiger partial charge on any atom is 0.261 e. The molecule has 2 aromatic rings. The minimum absolute atomic E-state index is 0.0967. The maximum absolute atomic E-state index is 7.56. The number of benzene rings is 2. The van der Waals surface area contributed by atoms with Gasteiger partial charge >= 0.3 is 0 Å². The van der Waals surface area contributed by atoms with Gasteiger partial charge in [-0.15, -0.1) is 0 Å². The first kappa shape index (κ1) is 22.3. The van der Waals surface area contributed by atoms with Gasteiger partial charge in [0.15, 0.2) is 12.1 Å². The van der Waals surface area contributed by atoms with Gasteiger partial charge in [-0.25, -0.2) is 0 Å². The molecule has 1 aliphatic carbocycles. The van der Waals surface area contributed by atoms with Gasteiger partial charge in [-0.3, -0.25) is 0 Å². The maximum atomic E-state index is 7.56. The fourth-order valence-electron chi connectivity index (χ4n) is 5.97. The van der Waals surface area contributed by atoms with Gasteiger partial charge in [-0.1, -0.05) is 94.8 Å². The number of rotatable bonds is 5. The Morgan fingerprint density at radius 1 is 0.906 bits per heavy atom. The summed E-state index contributed by atoms with van der Waals surface area (Å²) in [4.78, 5) is 0. The Morgan fingerprint density at radius 2 is 1.47 bits per heavy atom. The van der Waals surface area contributed by atoms with E-state index in [1.807, 2.05) is 13.8 Å². The van der Waals surface area contributed by atoms with E-state index in [2.05, 4.69) is 88.4 Å². The zero-order valence-electron chi connectivity index (χ0n) is 20.1. The Balaban J connectivity index is 1.66. The van der Waals surface area contributed by atoms with Crippen LogP contribution in [0.3, 0.4) is 0 Å². The quantitative estimate of drug-likeness (QED) is 0.621. The van der Waals surface area contributed by atoms with Crippen LogP contribution in [0.25, 0.3) is 0 Å². The lowest BCUT2D eigenvalue weighted by Crippen LogP contribution is -2.69. The van der Waals surface area contributed by atoms with E-state index >= 15 is 0 Å². The fraction of sp³-hybridized carbons (Fsp3) is 0.556. The van der Waals surface area contributed by atoms with E-state index in [1.54, 1.807) is 0 Å². The van der Waals surface area contributed by atoms with Gasteiger partial charge in [0.1, 0.15) is 17.8 Å². The molecule has 1 unspecified atom stereocenters. The summed E-state index contributed by atoms with van der Waals surface area (Å²) < 4.78 is 26.8. The number of fused-ring (bicyclic) bond motifs is 1. The van der Waals surface area contributed by atoms with Crippen molar-refractivity contribution < 1.29 is 18.6 Å². The largest absolute Gasteiger partial charge is 0.399 e. The summed E-state index contributed by atoms with van der Waals surface area (Å²) in [6.45, 7) is 13.1. The highest BCUT2D eigenvalue weighted by molar-refractivity contribution is 6.99. The highest BCUT2D eigenvalue weighted by Gasteiger charge is 2.73. The lowest BCUT2D eigenvalue weighted by Gasteiger charge is -2.46. The van der Waals surface area contributed by atoms with Gasteiger partial charge in [0.2, 0.25) is 0 Å². The molecule has 0 bridgehead atoms. The fourth-order valence-corrected chi connectivity index (χ4v) is 10.7. The van der Waals surface area contributed by atoms with Crippen LogP contribution in [0.5, 0.6) is 0 Å². The molecule has 5 rings (SSSR count). The summed E-state index contributed by atoms with van der Waals surface area (Å²) in [5, 5.41) is 2.47. The minimum atomic E-state index is -2.73. The standard InChI is InChI=1S/C27H36O4Si/c1-7-19-18-27(19)23(22-24(30-27)29-26(5,6)28-22)31-32(25(2,3)4,20-14-10-8-11-15-20)21-16-12-9-13-17-21/h8-17,19,22-24H,7,18H2,1-6H3/t19-,22+,23?,24+,27+/m1/s1. The first-order valence-corrected chi connectivity index (χ1v) is 13.9. The van der Waals surface area contributed by atoms with E-state index in [1.165, 1.54) is 10.4 Å².